The zero-order valence-corrected chi connectivity index (χ0v) is 20.3. The van der Waals surface area contributed by atoms with Crippen molar-refractivity contribution in [2.75, 3.05) is 26.4 Å². The van der Waals surface area contributed by atoms with E-state index in [1.807, 2.05) is 10.8 Å². The number of imidazole rings is 1. The maximum atomic E-state index is 13.3. The highest BCUT2D eigenvalue weighted by molar-refractivity contribution is 6.46. The van der Waals surface area contributed by atoms with Crippen LogP contribution in [0.3, 0.4) is 0 Å². The van der Waals surface area contributed by atoms with Gasteiger partial charge in [0.2, 0.25) is 0 Å². The molecule has 5 rings (SSSR count). The van der Waals surface area contributed by atoms with E-state index < -0.39 is 17.7 Å². The number of fused-ring (bicyclic) bond motifs is 1. The van der Waals surface area contributed by atoms with Crippen LogP contribution in [-0.2, 0) is 16.1 Å². The molecule has 2 aliphatic heterocycles. The summed E-state index contributed by atoms with van der Waals surface area (Å²) >= 11 is 0. The molecular formula is C27H27N3O7. The highest BCUT2D eigenvalue weighted by Crippen LogP contribution is 2.43. The first-order valence-electron chi connectivity index (χ1n) is 12.1. The van der Waals surface area contributed by atoms with Crippen molar-refractivity contribution >= 4 is 17.4 Å². The lowest BCUT2D eigenvalue weighted by Crippen LogP contribution is -2.31. The van der Waals surface area contributed by atoms with Gasteiger partial charge in [-0.2, -0.15) is 0 Å². The molecule has 192 valence electrons. The van der Waals surface area contributed by atoms with Crippen LogP contribution in [-0.4, -0.2) is 62.7 Å². The number of ketones is 1. The van der Waals surface area contributed by atoms with Gasteiger partial charge in [-0.25, -0.2) is 4.98 Å². The number of carbonyl (C=O) groups excluding carboxylic acids is 2. The van der Waals surface area contributed by atoms with Crippen molar-refractivity contribution in [2.45, 2.75) is 25.9 Å². The first-order valence-corrected chi connectivity index (χ1v) is 12.1. The number of aromatic hydroxyl groups is 1. The van der Waals surface area contributed by atoms with Gasteiger partial charge < -0.3 is 33.9 Å². The van der Waals surface area contributed by atoms with Gasteiger partial charge in [0, 0.05) is 31.0 Å². The van der Waals surface area contributed by atoms with Gasteiger partial charge in [0.25, 0.3) is 11.7 Å². The summed E-state index contributed by atoms with van der Waals surface area (Å²) in [5, 5.41) is 21.6. The standard InChI is InChI=1S/C27H27N3O7/c1-2-35-21-14-17(4-6-19(21)31)24-23(25(32)18-5-7-20-22(15-18)37-13-12-36-20)26(33)27(34)30(24)10-3-9-29-11-8-28-16-29/h4-8,11,14-16,24,31-32H,2-3,9-10,12-13H2,1H3/t24-/m1/s1. The van der Waals surface area contributed by atoms with Crippen LogP contribution in [0.2, 0.25) is 0 Å². The van der Waals surface area contributed by atoms with E-state index in [0.717, 1.165) is 0 Å². The highest BCUT2D eigenvalue weighted by atomic mass is 16.6. The van der Waals surface area contributed by atoms with E-state index >= 15 is 0 Å². The van der Waals surface area contributed by atoms with Crippen LogP contribution in [0.25, 0.3) is 5.76 Å². The Kier molecular flexibility index (Phi) is 6.72. The Morgan fingerprint density at radius 2 is 1.92 bits per heavy atom. The highest BCUT2D eigenvalue weighted by Gasteiger charge is 2.46. The first kappa shape index (κ1) is 24.2. The second-order valence-electron chi connectivity index (χ2n) is 8.67. The molecule has 1 amide bonds. The fourth-order valence-corrected chi connectivity index (χ4v) is 4.62. The number of Topliss-reactive ketones (excluding diaryl/α,β-unsaturated/α-hetero) is 1. The molecule has 3 aromatic rings. The third-order valence-corrected chi connectivity index (χ3v) is 6.33. The second-order valence-corrected chi connectivity index (χ2v) is 8.67. The maximum absolute atomic E-state index is 13.3. The number of likely N-dealkylation sites (tertiary alicyclic amines) is 1. The van der Waals surface area contributed by atoms with E-state index in [2.05, 4.69) is 4.98 Å². The Morgan fingerprint density at radius 1 is 1.11 bits per heavy atom. The molecule has 3 heterocycles. The molecule has 10 nitrogen and oxygen atoms in total. The lowest BCUT2D eigenvalue weighted by molar-refractivity contribution is -0.139. The summed E-state index contributed by atoms with van der Waals surface area (Å²) in [5.74, 6) is -0.656. The minimum atomic E-state index is -0.879. The van der Waals surface area contributed by atoms with Gasteiger partial charge in [-0.1, -0.05) is 6.07 Å². The van der Waals surface area contributed by atoms with Gasteiger partial charge in [-0.15, -0.1) is 0 Å². The number of benzene rings is 2. The molecule has 0 radical (unpaired) electrons. The fourth-order valence-electron chi connectivity index (χ4n) is 4.62. The molecule has 2 aliphatic rings. The number of aromatic nitrogens is 2. The number of phenols is 1. The molecule has 0 unspecified atom stereocenters. The number of amides is 1. The Labute approximate surface area is 213 Å². The molecule has 1 atom stereocenters. The number of aryl methyl sites for hydroxylation is 1. The quantitative estimate of drug-likeness (QED) is 0.272. The summed E-state index contributed by atoms with van der Waals surface area (Å²) in [6.45, 7) is 3.75. The third-order valence-electron chi connectivity index (χ3n) is 6.33. The van der Waals surface area contributed by atoms with E-state index in [1.54, 1.807) is 49.8 Å². The van der Waals surface area contributed by atoms with Crippen molar-refractivity contribution in [3.05, 3.63) is 71.8 Å². The van der Waals surface area contributed by atoms with E-state index in [1.165, 1.54) is 11.0 Å². The number of ether oxygens (including phenoxy) is 3. The summed E-state index contributed by atoms with van der Waals surface area (Å²) < 4.78 is 18.6. The second kappa shape index (κ2) is 10.3. The number of aliphatic hydroxyl groups is 1. The van der Waals surface area contributed by atoms with Crippen molar-refractivity contribution in [3.8, 4) is 23.0 Å². The lowest BCUT2D eigenvalue weighted by atomic mass is 9.94. The average molecular weight is 506 g/mol. The minimum Gasteiger partial charge on any atom is -0.507 e. The van der Waals surface area contributed by atoms with Gasteiger partial charge >= 0.3 is 0 Å². The summed E-state index contributed by atoms with van der Waals surface area (Å²) in [6.07, 6.45) is 5.73. The Morgan fingerprint density at radius 3 is 2.68 bits per heavy atom. The Balaban J connectivity index is 1.56. The zero-order chi connectivity index (χ0) is 25.9. The molecule has 37 heavy (non-hydrogen) atoms. The van der Waals surface area contributed by atoms with Crippen molar-refractivity contribution < 1.29 is 34.0 Å². The molecule has 1 saturated heterocycles. The van der Waals surface area contributed by atoms with Crippen LogP contribution in [0.5, 0.6) is 23.0 Å². The van der Waals surface area contributed by atoms with Crippen LogP contribution >= 0.6 is 0 Å². The summed E-state index contributed by atoms with van der Waals surface area (Å²) in [7, 11) is 0. The number of hydrogen-bond donors (Lipinski definition) is 2. The molecule has 10 heteroatoms. The molecule has 0 aliphatic carbocycles. The molecule has 0 spiro atoms. The predicted molar refractivity (Wildman–Crippen MR) is 133 cm³/mol. The smallest absolute Gasteiger partial charge is 0.295 e. The predicted octanol–water partition coefficient (Wildman–Crippen LogP) is 3.27. The van der Waals surface area contributed by atoms with E-state index in [4.69, 9.17) is 14.2 Å². The van der Waals surface area contributed by atoms with Gasteiger partial charge in [-0.3, -0.25) is 9.59 Å². The zero-order valence-electron chi connectivity index (χ0n) is 20.3. The number of phenolic OH excluding ortho intramolecular Hbond substituents is 1. The van der Waals surface area contributed by atoms with Crippen LogP contribution in [0, 0.1) is 0 Å². The van der Waals surface area contributed by atoms with E-state index in [-0.39, 0.29) is 29.4 Å². The number of hydrogen-bond acceptors (Lipinski definition) is 8. The summed E-state index contributed by atoms with van der Waals surface area (Å²) in [5.41, 5.74) is 0.814. The number of aliphatic hydroxyl groups excluding tert-OH is 1. The van der Waals surface area contributed by atoms with Gasteiger partial charge in [0.05, 0.1) is 24.5 Å². The Hall–Kier alpha value is -4.47. The maximum Gasteiger partial charge on any atom is 0.295 e. The van der Waals surface area contributed by atoms with Crippen LogP contribution < -0.4 is 14.2 Å². The van der Waals surface area contributed by atoms with Crippen molar-refractivity contribution in [1.82, 2.24) is 14.5 Å². The van der Waals surface area contributed by atoms with Gasteiger partial charge in [0.1, 0.15) is 19.0 Å². The van der Waals surface area contributed by atoms with Crippen LogP contribution in [0.4, 0.5) is 0 Å². The van der Waals surface area contributed by atoms with Crippen molar-refractivity contribution in [2.24, 2.45) is 0 Å². The largest absolute Gasteiger partial charge is 0.507 e. The molecule has 2 aromatic carbocycles. The normalized spacial score (nSPS) is 18.3. The van der Waals surface area contributed by atoms with Crippen LogP contribution in [0.1, 0.15) is 30.5 Å². The number of carbonyl (C=O) groups is 2. The molecule has 1 fully saturated rings. The molecule has 2 N–H and O–H groups in total. The lowest BCUT2D eigenvalue weighted by Gasteiger charge is -2.26. The van der Waals surface area contributed by atoms with E-state index in [0.29, 0.717) is 55.4 Å². The third kappa shape index (κ3) is 4.69. The average Bonchev–Trinajstić information content (AvgIpc) is 3.52. The monoisotopic (exact) mass is 505 g/mol. The SMILES string of the molecule is CCOc1cc([C@@H]2C(=C(O)c3ccc4c(c3)OCCO4)C(=O)C(=O)N2CCCn2ccnc2)ccc1O. The first-order chi connectivity index (χ1) is 18.0. The Bertz CT molecular complexity index is 1350. The number of rotatable bonds is 8. The molecule has 1 aromatic heterocycles. The van der Waals surface area contributed by atoms with Crippen molar-refractivity contribution in [3.63, 3.8) is 0 Å². The molecular weight excluding hydrogens is 478 g/mol. The van der Waals surface area contributed by atoms with Crippen LogP contribution in [0.15, 0.2) is 60.7 Å². The fraction of sp³-hybridized carbons (Fsp3) is 0.296. The number of nitrogens with zero attached hydrogens (tertiary/aromatic N) is 3. The minimum absolute atomic E-state index is 0.0440. The van der Waals surface area contributed by atoms with Crippen molar-refractivity contribution in [1.29, 1.82) is 0 Å². The molecule has 0 bridgehead atoms. The summed E-state index contributed by atoms with van der Waals surface area (Å²) in [4.78, 5) is 32.0. The van der Waals surface area contributed by atoms with Gasteiger partial charge in [-0.05, 0) is 49.2 Å². The topological polar surface area (TPSA) is 123 Å². The molecule has 0 saturated carbocycles. The van der Waals surface area contributed by atoms with E-state index in [9.17, 15) is 19.8 Å². The summed E-state index contributed by atoms with van der Waals surface area (Å²) in [6, 6.07) is 8.66. The van der Waals surface area contributed by atoms with Gasteiger partial charge in [0.15, 0.2) is 23.0 Å².